The minimum absolute atomic E-state index is 0.111. The van der Waals surface area contributed by atoms with Gasteiger partial charge >= 0.3 is 0 Å². The third-order valence-electron chi connectivity index (χ3n) is 3.79. The molecule has 17 heavy (non-hydrogen) atoms. The van der Waals surface area contributed by atoms with Crippen LogP contribution < -0.4 is 0 Å². The average Bonchev–Trinajstić information content (AvgIpc) is 2.63. The summed E-state index contributed by atoms with van der Waals surface area (Å²) in [6.45, 7) is 2.23. The highest BCUT2D eigenvalue weighted by Gasteiger charge is 2.66. The summed E-state index contributed by atoms with van der Waals surface area (Å²) in [5, 5.41) is 0. The van der Waals surface area contributed by atoms with Gasteiger partial charge in [-0.15, -0.1) is 0 Å². The van der Waals surface area contributed by atoms with Crippen molar-refractivity contribution in [3.05, 3.63) is 0 Å². The summed E-state index contributed by atoms with van der Waals surface area (Å²) in [6, 6.07) is 0. The molecule has 2 atom stereocenters. The molecule has 4 fully saturated rings. The maximum Gasteiger partial charge on any atom is 0.260 e. The number of carbonyl (C=O) groups excluding carboxylic acids is 3. The summed E-state index contributed by atoms with van der Waals surface area (Å²) < 4.78 is -0.136. The quantitative estimate of drug-likeness (QED) is 0.661. The number of rotatable bonds is 0. The average molecular weight is 272 g/mol. The molecule has 92 valence electrons. The summed E-state index contributed by atoms with van der Waals surface area (Å²) >= 11 is 1.98. The van der Waals surface area contributed by atoms with Gasteiger partial charge in [0.05, 0.1) is 0 Å². The van der Waals surface area contributed by atoms with E-state index in [-0.39, 0.29) is 16.3 Å². The van der Waals surface area contributed by atoms with Gasteiger partial charge in [0.1, 0.15) is 0 Å². The number of hydrogen-bond acceptors (Lipinski definition) is 5. The lowest BCUT2D eigenvalue weighted by Crippen LogP contribution is -2.69. The van der Waals surface area contributed by atoms with E-state index in [1.807, 2.05) is 0 Å². The Hall–Kier alpha value is -0.690. The number of nitrogens with zero attached hydrogens (tertiary/aromatic N) is 2. The molecular formula is C10H12N2O3S2. The van der Waals surface area contributed by atoms with Crippen LogP contribution in [0, 0.1) is 0 Å². The Kier molecular flexibility index (Phi) is 2.15. The molecule has 4 aliphatic heterocycles. The first-order valence-corrected chi connectivity index (χ1v) is 7.07. The van der Waals surface area contributed by atoms with Gasteiger partial charge in [-0.3, -0.25) is 14.4 Å². The maximum atomic E-state index is 12.5. The molecule has 2 amide bonds. The van der Waals surface area contributed by atoms with E-state index in [0.29, 0.717) is 13.0 Å². The number of amides is 2. The lowest BCUT2D eigenvalue weighted by Gasteiger charge is -2.48. The summed E-state index contributed by atoms with van der Waals surface area (Å²) in [4.78, 5) is 37.8. The zero-order chi connectivity index (χ0) is 12.4. The van der Waals surface area contributed by atoms with Gasteiger partial charge in [-0.25, -0.2) is 0 Å². The SMILES string of the molecule is CN1C(=O)[C@]23CCCN2C(=O)[C@]1(C)SC(=O)S3. The van der Waals surface area contributed by atoms with Gasteiger partial charge in [-0.05, 0) is 43.3 Å². The smallest absolute Gasteiger partial charge is 0.260 e. The summed E-state index contributed by atoms with van der Waals surface area (Å²) in [7, 11) is 1.61. The predicted molar refractivity (Wildman–Crippen MR) is 65.4 cm³/mol. The third kappa shape index (κ3) is 1.16. The molecule has 0 N–H and O–H groups in total. The topological polar surface area (TPSA) is 57.7 Å². The molecule has 4 heterocycles. The number of thioether (sulfide) groups is 2. The van der Waals surface area contributed by atoms with E-state index in [1.54, 1.807) is 18.9 Å². The molecule has 0 aromatic rings. The van der Waals surface area contributed by atoms with Gasteiger partial charge < -0.3 is 9.80 Å². The van der Waals surface area contributed by atoms with Gasteiger partial charge in [0.2, 0.25) is 0 Å². The summed E-state index contributed by atoms with van der Waals surface area (Å²) in [5.74, 6) is -0.221. The fourth-order valence-electron chi connectivity index (χ4n) is 2.71. The van der Waals surface area contributed by atoms with Crippen molar-refractivity contribution in [1.29, 1.82) is 0 Å². The van der Waals surface area contributed by atoms with Crippen molar-refractivity contribution >= 4 is 39.8 Å². The van der Waals surface area contributed by atoms with E-state index < -0.39 is 9.74 Å². The van der Waals surface area contributed by atoms with Crippen LogP contribution in [0.1, 0.15) is 19.8 Å². The minimum atomic E-state index is -1.06. The zero-order valence-corrected chi connectivity index (χ0v) is 11.2. The third-order valence-corrected chi connectivity index (χ3v) is 6.40. The Morgan fingerprint density at radius 2 is 1.88 bits per heavy atom. The van der Waals surface area contributed by atoms with E-state index in [0.717, 1.165) is 29.9 Å². The molecule has 0 aromatic carbocycles. The van der Waals surface area contributed by atoms with Crippen LogP contribution in [0.4, 0.5) is 4.79 Å². The van der Waals surface area contributed by atoms with Gasteiger partial charge in [-0.2, -0.15) is 0 Å². The second-order valence-electron chi connectivity index (χ2n) is 4.65. The predicted octanol–water partition coefficient (Wildman–Crippen LogP) is 1.09. The second-order valence-corrected chi connectivity index (χ2v) is 7.52. The van der Waals surface area contributed by atoms with E-state index in [1.165, 1.54) is 4.90 Å². The van der Waals surface area contributed by atoms with Crippen molar-refractivity contribution in [2.45, 2.75) is 29.5 Å². The molecule has 0 saturated carbocycles. The largest absolute Gasteiger partial charge is 0.320 e. The van der Waals surface area contributed by atoms with Crippen molar-refractivity contribution < 1.29 is 14.4 Å². The monoisotopic (exact) mass is 272 g/mol. The van der Waals surface area contributed by atoms with Gasteiger partial charge in [-0.1, -0.05) is 0 Å². The Bertz CT molecular complexity index is 453. The zero-order valence-electron chi connectivity index (χ0n) is 9.56. The first-order valence-electron chi connectivity index (χ1n) is 5.44. The second kappa shape index (κ2) is 3.20. The molecule has 0 aromatic heterocycles. The first-order chi connectivity index (χ1) is 7.92. The highest BCUT2D eigenvalue weighted by atomic mass is 32.2. The van der Waals surface area contributed by atoms with Crippen molar-refractivity contribution in [3.8, 4) is 0 Å². The number of fused-ring (bicyclic) bond motifs is 3. The minimum Gasteiger partial charge on any atom is -0.320 e. The number of hydrogen-bond donors (Lipinski definition) is 0. The van der Waals surface area contributed by atoms with E-state index >= 15 is 0 Å². The van der Waals surface area contributed by atoms with Crippen molar-refractivity contribution in [3.63, 3.8) is 0 Å². The van der Waals surface area contributed by atoms with Crippen LogP contribution in [-0.2, 0) is 9.59 Å². The number of carbonyl (C=O) groups is 3. The van der Waals surface area contributed by atoms with Crippen LogP contribution in [0.3, 0.4) is 0 Å². The lowest BCUT2D eigenvalue weighted by atomic mass is 10.1. The van der Waals surface area contributed by atoms with Gasteiger partial charge in [0.15, 0.2) is 9.74 Å². The molecule has 0 unspecified atom stereocenters. The Labute approximate surface area is 107 Å². The van der Waals surface area contributed by atoms with E-state index in [9.17, 15) is 14.4 Å². The van der Waals surface area contributed by atoms with Crippen LogP contribution in [0.25, 0.3) is 0 Å². The summed E-state index contributed by atoms with van der Waals surface area (Å²) in [5.41, 5.74) is 0. The molecule has 7 heteroatoms. The van der Waals surface area contributed by atoms with Crippen LogP contribution in [0.2, 0.25) is 0 Å². The molecule has 0 aliphatic carbocycles. The normalized spacial score (nSPS) is 40.9. The molecule has 4 aliphatic rings. The van der Waals surface area contributed by atoms with Gasteiger partial charge in [0.25, 0.3) is 16.3 Å². The fraction of sp³-hybridized carbons (Fsp3) is 0.700. The molecule has 4 rings (SSSR count). The Balaban J connectivity index is 2.23. The van der Waals surface area contributed by atoms with Crippen molar-refractivity contribution in [2.24, 2.45) is 0 Å². The maximum absolute atomic E-state index is 12.5. The molecular weight excluding hydrogens is 260 g/mol. The highest BCUT2D eigenvalue weighted by Crippen LogP contribution is 2.55. The van der Waals surface area contributed by atoms with Crippen molar-refractivity contribution in [1.82, 2.24) is 9.80 Å². The number of likely N-dealkylation sites (N-methyl/N-ethyl adjacent to an activating group) is 1. The van der Waals surface area contributed by atoms with Crippen LogP contribution in [0.15, 0.2) is 0 Å². The van der Waals surface area contributed by atoms with Crippen LogP contribution in [0.5, 0.6) is 0 Å². The Morgan fingerprint density at radius 3 is 2.59 bits per heavy atom. The van der Waals surface area contributed by atoms with E-state index in [2.05, 4.69) is 0 Å². The molecule has 1 spiro atoms. The molecule has 0 radical (unpaired) electrons. The van der Waals surface area contributed by atoms with Crippen LogP contribution in [-0.4, -0.2) is 49.4 Å². The standard InChI is InChI=1S/C10H12N2O3S2/c1-9-6(13)12-5-3-4-10(12,7(14)11(9)2)17-8(15)16-9/h3-5H2,1-2H3/t9-,10+/m0/s1. The first kappa shape index (κ1) is 11.4. The molecule has 5 nitrogen and oxygen atoms in total. The van der Waals surface area contributed by atoms with E-state index in [4.69, 9.17) is 0 Å². The Morgan fingerprint density at radius 1 is 1.18 bits per heavy atom. The van der Waals surface area contributed by atoms with Gasteiger partial charge in [0, 0.05) is 13.6 Å². The lowest BCUT2D eigenvalue weighted by molar-refractivity contribution is -0.161. The highest BCUT2D eigenvalue weighted by molar-refractivity contribution is 8.40. The molecule has 2 bridgehead atoms. The fourth-order valence-corrected chi connectivity index (χ4v) is 5.55. The summed E-state index contributed by atoms with van der Waals surface area (Å²) in [6.07, 6.45) is 1.36. The number of piperazine rings is 1. The molecule has 4 saturated heterocycles. The van der Waals surface area contributed by atoms with Crippen molar-refractivity contribution in [2.75, 3.05) is 13.6 Å². The van der Waals surface area contributed by atoms with Crippen LogP contribution >= 0.6 is 23.5 Å².